The Morgan fingerprint density at radius 1 is 1.57 bits per heavy atom. The Morgan fingerprint density at radius 3 is 3.14 bits per heavy atom. The lowest BCUT2D eigenvalue weighted by Gasteiger charge is -2.20. The monoisotopic (exact) mass is 209 g/mol. The van der Waals surface area contributed by atoms with Gasteiger partial charge in [-0.15, -0.1) is 11.3 Å². The highest BCUT2D eigenvalue weighted by Gasteiger charge is 2.10. The van der Waals surface area contributed by atoms with Crippen LogP contribution in [0, 0.1) is 6.92 Å². The molecular formula is C11H15NOS. The van der Waals surface area contributed by atoms with Crippen LogP contribution in [0.3, 0.4) is 0 Å². The van der Waals surface area contributed by atoms with Crippen molar-refractivity contribution < 1.29 is 4.74 Å². The van der Waals surface area contributed by atoms with E-state index in [-0.39, 0.29) is 0 Å². The van der Waals surface area contributed by atoms with E-state index in [1.54, 1.807) is 11.3 Å². The van der Waals surface area contributed by atoms with Crippen molar-refractivity contribution >= 4 is 17.0 Å². The molecule has 0 saturated carbocycles. The maximum Gasteiger partial charge on any atom is 0.115 e. The van der Waals surface area contributed by atoms with E-state index in [2.05, 4.69) is 29.1 Å². The maximum absolute atomic E-state index is 5.48. The molecule has 2 rings (SSSR count). The lowest BCUT2D eigenvalue weighted by atomic mass is 10.1. The summed E-state index contributed by atoms with van der Waals surface area (Å²) in [5.74, 6) is 0. The van der Waals surface area contributed by atoms with Crippen LogP contribution in [0.25, 0.3) is 0 Å². The summed E-state index contributed by atoms with van der Waals surface area (Å²) in [5, 5.41) is 7.72. The molecule has 76 valence electrons. The number of allylic oxidation sites excluding steroid dienone is 1. The fourth-order valence-electron chi connectivity index (χ4n) is 1.50. The first kappa shape index (κ1) is 9.59. The minimum absolute atomic E-state index is 0.333. The number of thiophene rings is 1. The highest BCUT2D eigenvalue weighted by atomic mass is 32.1. The van der Waals surface area contributed by atoms with E-state index < -0.39 is 0 Å². The SMILES string of the molecule is Cc1cscc1NCC1CCC=CO1. The Balaban J connectivity index is 1.82. The van der Waals surface area contributed by atoms with Crippen molar-refractivity contribution in [2.45, 2.75) is 25.9 Å². The molecule has 2 nitrogen and oxygen atoms in total. The van der Waals surface area contributed by atoms with Gasteiger partial charge in [0.05, 0.1) is 12.8 Å². The molecule has 0 spiro atoms. The van der Waals surface area contributed by atoms with Crippen LogP contribution < -0.4 is 5.32 Å². The normalized spacial score (nSPS) is 20.5. The molecule has 1 unspecified atom stereocenters. The summed E-state index contributed by atoms with van der Waals surface area (Å²) in [7, 11) is 0. The fourth-order valence-corrected chi connectivity index (χ4v) is 2.30. The molecule has 0 radical (unpaired) electrons. The molecular weight excluding hydrogens is 194 g/mol. The van der Waals surface area contributed by atoms with Crippen LogP contribution >= 0.6 is 11.3 Å². The summed E-state index contributed by atoms with van der Waals surface area (Å²) >= 11 is 1.74. The second-order valence-electron chi connectivity index (χ2n) is 3.56. The number of ether oxygens (including phenoxy) is 1. The van der Waals surface area contributed by atoms with Crippen LogP contribution in [0.4, 0.5) is 5.69 Å². The topological polar surface area (TPSA) is 21.3 Å². The number of aryl methyl sites for hydroxylation is 1. The Bertz CT molecular complexity index is 319. The summed E-state index contributed by atoms with van der Waals surface area (Å²) in [5.41, 5.74) is 2.56. The van der Waals surface area contributed by atoms with E-state index in [0.29, 0.717) is 6.10 Å². The molecule has 1 aliphatic rings. The molecule has 1 N–H and O–H groups in total. The third-order valence-corrected chi connectivity index (χ3v) is 3.26. The average Bonchev–Trinajstić information content (AvgIpc) is 2.63. The van der Waals surface area contributed by atoms with Gasteiger partial charge in [0.1, 0.15) is 6.10 Å². The zero-order valence-electron chi connectivity index (χ0n) is 8.32. The van der Waals surface area contributed by atoms with Crippen LogP contribution in [0.5, 0.6) is 0 Å². The Morgan fingerprint density at radius 2 is 2.50 bits per heavy atom. The molecule has 3 heteroatoms. The molecule has 1 aromatic heterocycles. The first-order valence-electron chi connectivity index (χ1n) is 4.93. The van der Waals surface area contributed by atoms with Gasteiger partial charge in [0.2, 0.25) is 0 Å². The third-order valence-electron chi connectivity index (χ3n) is 2.40. The largest absolute Gasteiger partial charge is 0.497 e. The molecule has 0 amide bonds. The Kier molecular flexibility index (Phi) is 3.09. The van der Waals surface area contributed by atoms with Gasteiger partial charge in [0.15, 0.2) is 0 Å². The van der Waals surface area contributed by atoms with E-state index in [1.807, 2.05) is 6.26 Å². The van der Waals surface area contributed by atoms with E-state index >= 15 is 0 Å². The molecule has 1 atom stereocenters. The summed E-state index contributed by atoms with van der Waals surface area (Å²) in [4.78, 5) is 0. The molecule has 0 bridgehead atoms. The zero-order valence-corrected chi connectivity index (χ0v) is 9.14. The Hall–Kier alpha value is -0.960. The van der Waals surface area contributed by atoms with E-state index in [9.17, 15) is 0 Å². The minimum Gasteiger partial charge on any atom is -0.497 e. The minimum atomic E-state index is 0.333. The molecule has 14 heavy (non-hydrogen) atoms. The van der Waals surface area contributed by atoms with Gasteiger partial charge < -0.3 is 10.1 Å². The van der Waals surface area contributed by atoms with Crippen LogP contribution in [-0.2, 0) is 4.74 Å². The highest BCUT2D eigenvalue weighted by Crippen LogP contribution is 2.20. The van der Waals surface area contributed by atoms with Crippen molar-refractivity contribution in [3.63, 3.8) is 0 Å². The van der Waals surface area contributed by atoms with Gasteiger partial charge >= 0.3 is 0 Å². The van der Waals surface area contributed by atoms with Gasteiger partial charge in [0, 0.05) is 11.1 Å². The van der Waals surface area contributed by atoms with Crippen LogP contribution in [0.15, 0.2) is 23.1 Å². The summed E-state index contributed by atoms with van der Waals surface area (Å²) < 4.78 is 5.48. The van der Waals surface area contributed by atoms with Crippen molar-refractivity contribution in [1.29, 1.82) is 0 Å². The second kappa shape index (κ2) is 4.51. The fraction of sp³-hybridized carbons (Fsp3) is 0.455. The van der Waals surface area contributed by atoms with Gasteiger partial charge in [-0.2, -0.15) is 0 Å². The van der Waals surface area contributed by atoms with Gasteiger partial charge in [-0.3, -0.25) is 0 Å². The number of hydrogen-bond donors (Lipinski definition) is 1. The van der Waals surface area contributed by atoms with E-state index in [1.165, 1.54) is 11.3 Å². The van der Waals surface area contributed by atoms with Gasteiger partial charge in [-0.1, -0.05) is 0 Å². The molecule has 0 aliphatic carbocycles. The van der Waals surface area contributed by atoms with Crippen LogP contribution in [0.2, 0.25) is 0 Å². The van der Waals surface area contributed by atoms with E-state index in [0.717, 1.165) is 19.4 Å². The first-order valence-corrected chi connectivity index (χ1v) is 5.87. The predicted octanol–water partition coefficient (Wildman–Crippen LogP) is 3.16. The number of rotatable bonds is 3. The van der Waals surface area contributed by atoms with Crippen molar-refractivity contribution in [1.82, 2.24) is 0 Å². The van der Waals surface area contributed by atoms with Gasteiger partial charge in [-0.05, 0) is 36.8 Å². The summed E-state index contributed by atoms with van der Waals surface area (Å²) in [6.07, 6.45) is 6.48. The van der Waals surface area contributed by atoms with Gasteiger partial charge in [-0.25, -0.2) is 0 Å². The maximum atomic E-state index is 5.48. The van der Waals surface area contributed by atoms with Crippen molar-refractivity contribution in [2.75, 3.05) is 11.9 Å². The summed E-state index contributed by atoms with van der Waals surface area (Å²) in [6.45, 7) is 3.03. The number of nitrogens with one attached hydrogen (secondary N) is 1. The van der Waals surface area contributed by atoms with Crippen LogP contribution in [0.1, 0.15) is 18.4 Å². The van der Waals surface area contributed by atoms with Gasteiger partial charge in [0.25, 0.3) is 0 Å². The standard InChI is InChI=1S/C11H15NOS/c1-9-7-14-8-11(9)12-6-10-4-2-3-5-13-10/h3,5,7-8,10,12H,2,4,6H2,1H3. The van der Waals surface area contributed by atoms with Crippen LogP contribution in [-0.4, -0.2) is 12.6 Å². The molecule has 0 fully saturated rings. The predicted molar refractivity (Wildman–Crippen MR) is 60.8 cm³/mol. The average molecular weight is 209 g/mol. The zero-order chi connectivity index (χ0) is 9.80. The first-order chi connectivity index (χ1) is 6.86. The van der Waals surface area contributed by atoms with E-state index in [4.69, 9.17) is 4.74 Å². The van der Waals surface area contributed by atoms with Crippen molar-refractivity contribution in [3.8, 4) is 0 Å². The molecule has 2 heterocycles. The lowest BCUT2D eigenvalue weighted by molar-refractivity contribution is 0.135. The number of anilines is 1. The van der Waals surface area contributed by atoms with Crippen molar-refractivity contribution in [2.24, 2.45) is 0 Å². The quantitative estimate of drug-likeness (QED) is 0.825. The molecule has 1 aliphatic heterocycles. The highest BCUT2D eigenvalue weighted by molar-refractivity contribution is 7.08. The second-order valence-corrected chi connectivity index (χ2v) is 4.30. The smallest absolute Gasteiger partial charge is 0.115 e. The summed E-state index contributed by atoms with van der Waals surface area (Å²) in [6, 6.07) is 0. The molecule has 0 aromatic carbocycles. The third kappa shape index (κ3) is 2.29. The molecule has 0 saturated heterocycles. The lowest BCUT2D eigenvalue weighted by Crippen LogP contribution is -2.22. The number of hydrogen-bond acceptors (Lipinski definition) is 3. The Labute approximate surface area is 88.6 Å². The van der Waals surface area contributed by atoms with Crippen molar-refractivity contribution in [3.05, 3.63) is 28.7 Å². The molecule has 1 aromatic rings.